The van der Waals surface area contributed by atoms with Gasteiger partial charge in [0.2, 0.25) is 5.91 Å². The third kappa shape index (κ3) is 5.98. The molecular formula is C23H20ClF3N2O5S. The van der Waals surface area contributed by atoms with Crippen LogP contribution in [0.1, 0.15) is 5.56 Å². The largest absolute Gasteiger partial charge is 0.497 e. The Morgan fingerprint density at radius 3 is 2.29 bits per heavy atom. The predicted octanol–water partition coefficient (Wildman–Crippen LogP) is 5.21. The summed E-state index contributed by atoms with van der Waals surface area (Å²) in [6.45, 7) is -0.860. The summed E-state index contributed by atoms with van der Waals surface area (Å²) >= 11 is 5.69. The molecule has 0 aliphatic carbocycles. The van der Waals surface area contributed by atoms with Gasteiger partial charge in [-0.05, 0) is 42.5 Å². The van der Waals surface area contributed by atoms with E-state index in [4.69, 9.17) is 21.1 Å². The molecule has 1 N–H and O–H groups in total. The fraction of sp³-hybridized carbons (Fsp3) is 0.174. The fourth-order valence-corrected chi connectivity index (χ4v) is 4.81. The van der Waals surface area contributed by atoms with Crippen LogP contribution in [0.2, 0.25) is 5.02 Å². The molecule has 3 rings (SSSR count). The van der Waals surface area contributed by atoms with Gasteiger partial charge >= 0.3 is 6.18 Å². The van der Waals surface area contributed by atoms with E-state index in [1.165, 1.54) is 62.8 Å². The minimum atomic E-state index is -4.81. The Balaban J connectivity index is 2.06. The summed E-state index contributed by atoms with van der Waals surface area (Å²) in [6.07, 6.45) is -4.81. The summed E-state index contributed by atoms with van der Waals surface area (Å²) in [6, 6.07) is 14.4. The summed E-state index contributed by atoms with van der Waals surface area (Å²) in [4.78, 5) is 12.8. The summed E-state index contributed by atoms with van der Waals surface area (Å²) < 4.78 is 78.6. The molecule has 0 saturated carbocycles. The highest BCUT2D eigenvalue weighted by Gasteiger charge is 2.35. The van der Waals surface area contributed by atoms with Gasteiger partial charge in [0.05, 0.1) is 36.1 Å². The van der Waals surface area contributed by atoms with E-state index < -0.39 is 39.9 Å². The maximum absolute atomic E-state index is 13.5. The predicted molar refractivity (Wildman–Crippen MR) is 126 cm³/mol. The number of methoxy groups -OCH3 is 2. The van der Waals surface area contributed by atoms with Gasteiger partial charge in [-0.2, -0.15) is 13.2 Å². The van der Waals surface area contributed by atoms with E-state index in [2.05, 4.69) is 5.32 Å². The molecule has 1 amide bonds. The zero-order chi connectivity index (χ0) is 25.8. The van der Waals surface area contributed by atoms with E-state index in [1.54, 1.807) is 6.07 Å². The van der Waals surface area contributed by atoms with Crippen LogP contribution in [0.5, 0.6) is 11.5 Å². The molecule has 3 aromatic rings. The molecule has 0 spiro atoms. The van der Waals surface area contributed by atoms with E-state index in [0.717, 1.165) is 10.4 Å². The van der Waals surface area contributed by atoms with Gasteiger partial charge in [-0.15, -0.1) is 0 Å². The lowest BCUT2D eigenvalue weighted by Gasteiger charge is -2.26. The number of hydrogen-bond acceptors (Lipinski definition) is 5. The highest BCUT2D eigenvalue weighted by Crippen LogP contribution is 2.38. The summed E-state index contributed by atoms with van der Waals surface area (Å²) in [5.41, 5.74) is -1.78. The maximum atomic E-state index is 13.5. The van der Waals surface area contributed by atoms with Crippen molar-refractivity contribution in [1.29, 1.82) is 0 Å². The van der Waals surface area contributed by atoms with Crippen LogP contribution in [0.25, 0.3) is 0 Å². The Labute approximate surface area is 205 Å². The number of sulfonamides is 1. The number of nitrogens with one attached hydrogen (secondary N) is 1. The van der Waals surface area contributed by atoms with Crippen molar-refractivity contribution in [2.45, 2.75) is 11.1 Å². The van der Waals surface area contributed by atoms with Gasteiger partial charge in [-0.3, -0.25) is 9.10 Å². The minimum Gasteiger partial charge on any atom is -0.497 e. The van der Waals surface area contributed by atoms with Gasteiger partial charge in [-0.1, -0.05) is 29.8 Å². The third-order valence-electron chi connectivity index (χ3n) is 4.83. The lowest BCUT2D eigenvalue weighted by molar-refractivity contribution is -0.137. The Morgan fingerprint density at radius 2 is 1.69 bits per heavy atom. The second-order valence-electron chi connectivity index (χ2n) is 7.10. The molecule has 0 atom stereocenters. The SMILES string of the molecule is COc1ccc(OC)c(N(CC(=O)Nc2ccc(Cl)cc2C(F)(F)F)S(=O)(=O)c2ccccc2)c1. The van der Waals surface area contributed by atoms with Crippen LogP contribution < -0.4 is 19.1 Å². The quantitative estimate of drug-likeness (QED) is 0.434. The highest BCUT2D eigenvalue weighted by molar-refractivity contribution is 7.92. The van der Waals surface area contributed by atoms with Crippen LogP contribution in [-0.4, -0.2) is 35.1 Å². The number of benzene rings is 3. The van der Waals surface area contributed by atoms with Gasteiger partial charge in [0, 0.05) is 11.1 Å². The van der Waals surface area contributed by atoms with Crippen molar-refractivity contribution >= 4 is 38.9 Å². The summed E-state index contributed by atoms with van der Waals surface area (Å²) in [5, 5.41) is 1.96. The number of ether oxygens (including phenoxy) is 2. The normalized spacial score (nSPS) is 11.6. The molecule has 0 saturated heterocycles. The van der Waals surface area contributed by atoms with Crippen LogP contribution in [-0.2, 0) is 21.0 Å². The average molecular weight is 529 g/mol. The van der Waals surface area contributed by atoms with E-state index in [0.29, 0.717) is 6.07 Å². The first kappa shape index (κ1) is 26.2. The number of rotatable bonds is 8. The van der Waals surface area contributed by atoms with Crippen molar-refractivity contribution in [2.24, 2.45) is 0 Å². The first-order valence-corrected chi connectivity index (χ1v) is 11.8. The van der Waals surface area contributed by atoms with Crippen molar-refractivity contribution < 1.29 is 35.9 Å². The zero-order valence-corrected chi connectivity index (χ0v) is 20.0. The van der Waals surface area contributed by atoms with Crippen LogP contribution in [0.15, 0.2) is 71.6 Å². The molecular weight excluding hydrogens is 509 g/mol. The van der Waals surface area contributed by atoms with E-state index in [1.807, 2.05) is 0 Å². The van der Waals surface area contributed by atoms with Crippen molar-refractivity contribution in [2.75, 3.05) is 30.4 Å². The maximum Gasteiger partial charge on any atom is 0.418 e. The van der Waals surface area contributed by atoms with Gasteiger partial charge in [0.15, 0.2) is 0 Å². The summed E-state index contributed by atoms with van der Waals surface area (Å²) in [7, 11) is -1.67. The number of carbonyl (C=O) groups is 1. The highest BCUT2D eigenvalue weighted by atomic mass is 35.5. The van der Waals surface area contributed by atoms with Gasteiger partial charge in [0.1, 0.15) is 18.0 Å². The van der Waals surface area contributed by atoms with Gasteiger partial charge in [0.25, 0.3) is 10.0 Å². The fourth-order valence-electron chi connectivity index (χ4n) is 3.19. The zero-order valence-electron chi connectivity index (χ0n) is 18.5. The second kappa shape index (κ2) is 10.4. The molecule has 0 radical (unpaired) electrons. The van der Waals surface area contributed by atoms with E-state index >= 15 is 0 Å². The second-order valence-corrected chi connectivity index (χ2v) is 9.40. The molecule has 0 heterocycles. The molecule has 7 nitrogen and oxygen atoms in total. The molecule has 0 aliphatic rings. The first-order valence-electron chi connectivity index (χ1n) is 9.93. The summed E-state index contributed by atoms with van der Waals surface area (Å²) in [5.74, 6) is -0.658. The van der Waals surface area contributed by atoms with E-state index in [9.17, 15) is 26.4 Å². The van der Waals surface area contributed by atoms with Crippen molar-refractivity contribution in [3.05, 3.63) is 77.3 Å². The van der Waals surface area contributed by atoms with Crippen molar-refractivity contribution in [1.82, 2.24) is 0 Å². The molecule has 0 aromatic heterocycles. The van der Waals surface area contributed by atoms with Gasteiger partial charge in [-0.25, -0.2) is 8.42 Å². The van der Waals surface area contributed by atoms with Crippen LogP contribution in [0, 0.1) is 0 Å². The topological polar surface area (TPSA) is 84.9 Å². The monoisotopic (exact) mass is 528 g/mol. The number of hydrogen-bond donors (Lipinski definition) is 1. The molecule has 35 heavy (non-hydrogen) atoms. The molecule has 186 valence electrons. The molecule has 3 aromatic carbocycles. The number of alkyl halides is 3. The lowest BCUT2D eigenvalue weighted by Crippen LogP contribution is -2.38. The Kier molecular flexibility index (Phi) is 7.81. The Bertz CT molecular complexity index is 1320. The lowest BCUT2D eigenvalue weighted by atomic mass is 10.1. The number of halogens is 4. The molecule has 0 aliphatic heterocycles. The first-order chi connectivity index (χ1) is 16.5. The number of amides is 1. The van der Waals surface area contributed by atoms with Crippen LogP contribution in [0.3, 0.4) is 0 Å². The molecule has 0 bridgehead atoms. The molecule has 0 fully saturated rings. The van der Waals surface area contributed by atoms with E-state index in [-0.39, 0.29) is 27.1 Å². The van der Waals surface area contributed by atoms with Crippen LogP contribution in [0.4, 0.5) is 24.5 Å². The smallest absolute Gasteiger partial charge is 0.418 e. The van der Waals surface area contributed by atoms with Gasteiger partial charge < -0.3 is 14.8 Å². The number of anilines is 2. The molecule has 12 heteroatoms. The minimum absolute atomic E-state index is 0.0435. The Morgan fingerprint density at radius 1 is 1.00 bits per heavy atom. The van der Waals surface area contributed by atoms with Crippen molar-refractivity contribution in [3.63, 3.8) is 0 Å². The average Bonchev–Trinajstić information content (AvgIpc) is 2.83. The third-order valence-corrected chi connectivity index (χ3v) is 6.84. The number of carbonyl (C=O) groups excluding carboxylic acids is 1. The standard InChI is InChI=1S/C23H20ClF3N2O5S/c1-33-16-9-11-21(34-2)20(13-16)29(35(31,32)17-6-4-3-5-7-17)14-22(30)28-19-10-8-15(24)12-18(19)23(25,26)27/h3-13H,14H2,1-2H3,(H,28,30). The van der Waals surface area contributed by atoms with Crippen LogP contribution >= 0.6 is 11.6 Å². The number of nitrogens with zero attached hydrogens (tertiary/aromatic N) is 1. The molecule has 0 unspecified atom stereocenters. The Hall–Kier alpha value is -3.44. The van der Waals surface area contributed by atoms with Crippen molar-refractivity contribution in [3.8, 4) is 11.5 Å².